The molecule has 6 heteroatoms. The largest absolute Gasteiger partial charge is 0.482 e. The number of carbonyl (C=O) groups excluding carboxylic acids is 2. The molecular weight excluding hydrogens is 294 g/mol. The number of rotatable bonds is 6. The highest BCUT2D eigenvalue weighted by Crippen LogP contribution is 2.30. The Labute approximate surface area is 137 Å². The third-order valence-electron chi connectivity index (χ3n) is 4.08. The van der Waals surface area contributed by atoms with Crippen molar-refractivity contribution in [2.24, 2.45) is 0 Å². The van der Waals surface area contributed by atoms with Crippen LogP contribution in [0, 0.1) is 0 Å². The summed E-state index contributed by atoms with van der Waals surface area (Å²) in [4.78, 5) is 25.6. The zero-order valence-electron chi connectivity index (χ0n) is 14.2. The fraction of sp³-hybridized carbons (Fsp3) is 0.529. The molecule has 1 aromatic rings. The lowest BCUT2D eigenvalue weighted by atomic mass is 10.1. The van der Waals surface area contributed by atoms with Gasteiger partial charge in [0.25, 0.3) is 5.91 Å². The summed E-state index contributed by atoms with van der Waals surface area (Å²) in [5.74, 6) is 0.615. The molecule has 0 bridgehead atoms. The van der Waals surface area contributed by atoms with Gasteiger partial charge in [-0.3, -0.25) is 14.9 Å². The Hall–Kier alpha value is -2.08. The Morgan fingerprint density at radius 3 is 2.70 bits per heavy atom. The molecule has 1 aromatic carbocycles. The van der Waals surface area contributed by atoms with Crippen molar-refractivity contribution >= 4 is 17.5 Å². The first-order valence-corrected chi connectivity index (χ1v) is 8.07. The van der Waals surface area contributed by atoms with Crippen molar-refractivity contribution in [3.63, 3.8) is 0 Å². The van der Waals surface area contributed by atoms with E-state index in [0.29, 0.717) is 24.5 Å². The highest BCUT2D eigenvalue weighted by molar-refractivity contribution is 5.95. The van der Waals surface area contributed by atoms with E-state index < -0.39 is 0 Å². The van der Waals surface area contributed by atoms with E-state index in [9.17, 15) is 9.59 Å². The van der Waals surface area contributed by atoms with Gasteiger partial charge in [0.05, 0.1) is 11.7 Å². The van der Waals surface area contributed by atoms with E-state index in [0.717, 1.165) is 5.56 Å². The van der Waals surface area contributed by atoms with Crippen LogP contribution >= 0.6 is 0 Å². The third-order valence-corrected chi connectivity index (χ3v) is 4.08. The Kier molecular flexibility index (Phi) is 5.60. The average molecular weight is 319 g/mol. The average Bonchev–Trinajstić information content (AvgIpc) is 2.54. The van der Waals surface area contributed by atoms with Crippen LogP contribution in [0.1, 0.15) is 39.3 Å². The fourth-order valence-corrected chi connectivity index (χ4v) is 2.72. The van der Waals surface area contributed by atoms with Crippen molar-refractivity contribution in [3.8, 4) is 5.75 Å². The molecule has 126 valence electrons. The lowest BCUT2D eigenvalue weighted by Crippen LogP contribution is -2.45. The lowest BCUT2D eigenvalue weighted by Gasteiger charge is -2.26. The SMILES string of the molecule is CCN(CC)C(=O)[C@@H](C)N[C@H](C)c1ccc2c(c1)NC(=O)CO2. The van der Waals surface area contributed by atoms with E-state index in [1.165, 1.54) is 0 Å². The van der Waals surface area contributed by atoms with Gasteiger partial charge in [0.15, 0.2) is 6.61 Å². The molecule has 0 unspecified atom stereocenters. The van der Waals surface area contributed by atoms with Gasteiger partial charge in [0, 0.05) is 19.1 Å². The van der Waals surface area contributed by atoms with Crippen molar-refractivity contribution in [1.29, 1.82) is 0 Å². The smallest absolute Gasteiger partial charge is 0.262 e. The minimum atomic E-state index is -0.272. The van der Waals surface area contributed by atoms with Crippen LogP contribution in [0.25, 0.3) is 0 Å². The number of fused-ring (bicyclic) bond motifs is 1. The molecule has 2 amide bonds. The van der Waals surface area contributed by atoms with Crippen LogP contribution < -0.4 is 15.4 Å². The second-order valence-corrected chi connectivity index (χ2v) is 5.71. The molecule has 0 aliphatic carbocycles. The minimum Gasteiger partial charge on any atom is -0.482 e. The molecule has 1 aliphatic rings. The second kappa shape index (κ2) is 7.46. The van der Waals surface area contributed by atoms with E-state index >= 15 is 0 Å². The van der Waals surface area contributed by atoms with Gasteiger partial charge in [-0.15, -0.1) is 0 Å². The number of nitrogens with zero attached hydrogens (tertiary/aromatic N) is 1. The first-order valence-electron chi connectivity index (χ1n) is 8.07. The van der Waals surface area contributed by atoms with Gasteiger partial charge < -0.3 is 15.0 Å². The summed E-state index contributed by atoms with van der Waals surface area (Å²) in [6, 6.07) is 5.39. The highest BCUT2D eigenvalue weighted by Gasteiger charge is 2.22. The summed E-state index contributed by atoms with van der Waals surface area (Å²) in [6.45, 7) is 9.29. The molecule has 2 rings (SSSR count). The zero-order chi connectivity index (χ0) is 17.0. The van der Waals surface area contributed by atoms with Crippen molar-refractivity contribution in [3.05, 3.63) is 23.8 Å². The molecule has 0 radical (unpaired) electrons. The predicted molar refractivity (Wildman–Crippen MR) is 89.5 cm³/mol. The maximum atomic E-state index is 12.3. The highest BCUT2D eigenvalue weighted by atomic mass is 16.5. The molecule has 0 aromatic heterocycles. The quantitative estimate of drug-likeness (QED) is 0.840. The first kappa shape index (κ1) is 17.3. The molecule has 0 spiro atoms. The standard InChI is InChI=1S/C17H25N3O3/c1-5-20(6-2)17(22)12(4)18-11(3)13-7-8-15-14(9-13)19-16(21)10-23-15/h7-9,11-12,18H,5-6,10H2,1-4H3,(H,19,21)/t11-,12-/m1/s1. The van der Waals surface area contributed by atoms with E-state index in [2.05, 4.69) is 10.6 Å². The topological polar surface area (TPSA) is 70.7 Å². The van der Waals surface area contributed by atoms with Gasteiger partial charge in [-0.2, -0.15) is 0 Å². The number of nitrogens with one attached hydrogen (secondary N) is 2. The van der Waals surface area contributed by atoms with Crippen molar-refractivity contribution in [1.82, 2.24) is 10.2 Å². The van der Waals surface area contributed by atoms with E-state index in [-0.39, 0.29) is 30.5 Å². The number of ether oxygens (including phenoxy) is 1. The molecule has 0 saturated carbocycles. The van der Waals surface area contributed by atoms with E-state index in [4.69, 9.17) is 4.74 Å². The van der Waals surface area contributed by atoms with Crippen LogP contribution in [0.5, 0.6) is 5.75 Å². The predicted octanol–water partition coefficient (Wildman–Crippen LogP) is 1.92. The molecular formula is C17H25N3O3. The number of carbonyl (C=O) groups is 2. The summed E-state index contributed by atoms with van der Waals surface area (Å²) in [5.41, 5.74) is 1.67. The van der Waals surface area contributed by atoms with Gasteiger partial charge in [-0.25, -0.2) is 0 Å². The third kappa shape index (κ3) is 4.01. The summed E-state index contributed by atoms with van der Waals surface area (Å²) < 4.78 is 5.36. The molecule has 2 N–H and O–H groups in total. The van der Waals surface area contributed by atoms with Crippen molar-refractivity contribution in [2.45, 2.75) is 39.8 Å². The van der Waals surface area contributed by atoms with Gasteiger partial charge >= 0.3 is 0 Å². The molecule has 2 atom stereocenters. The minimum absolute atomic E-state index is 0.0198. The summed E-state index contributed by atoms with van der Waals surface area (Å²) in [5, 5.41) is 6.12. The maximum absolute atomic E-state index is 12.3. The normalized spacial score (nSPS) is 15.9. The van der Waals surface area contributed by atoms with Gasteiger partial charge in [0.1, 0.15) is 5.75 Å². The number of anilines is 1. The number of benzene rings is 1. The van der Waals surface area contributed by atoms with Gasteiger partial charge in [0.2, 0.25) is 5.91 Å². The Balaban J connectivity index is 2.06. The molecule has 1 aliphatic heterocycles. The van der Waals surface area contributed by atoms with E-state index in [1.807, 2.05) is 50.8 Å². The van der Waals surface area contributed by atoms with Crippen molar-refractivity contribution in [2.75, 3.05) is 25.0 Å². The van der Waals surface area contributed by atoms with E-state index in [1.54, 1.807) is 0 Å². The molecule has 23 heavy (non-hydrogen) atoms. The number of hydrogen-bond donors (Lipinski definition) is 2. The molecule has 6 nitrogen and oxygen atoms in total. The fourth-order valence-electron chi connectivity index (χ4n) is 2.72. The first-order chi connectivity index (χ1) is 11.0. The van der Waals surface area contributed by atoms with Gasteiger partial charge in [-0.05, 0) is 45.4 Å². The molecule has 0 fully saturated rings. The number of amides is 2. The second-order valence-electron chi connectivity index (χ2n) is 5.71. The van der Waals surface area contributed by atoms with Crippen LogP contribution in [0.2, 0.25) is 0 Å². The lowest BCUT2D eigenvalue weighted by molar-refractivity contribution is -0.132. The molecule has 1 heterocycles. The van der Waals surface area contributed by atoms with Crippen LogP contribution in [0.3, 0.4) is 0 Å². The summed E-state index contributed by atoms with van der Waals surface area (Å²) in [7, 11) is 0. The molecule has 0 saturated heterocycles. The maximum Gasteiger partial charge on any atom is 0.262 e. The van der Waals surface area contributed by atoms with Crippen LogP contribution in [-0.2, 0) is 9.59 Å². The van der Waals surface area contributed by atoms with Crippen LogP contribution in [0.4, 0.5) is 5.69 Å². The summed E-state index contributed by atoms with van der Waals surface area (Å²) in [6.07, 6.45) is 0. The van der Waals surface area contributed by atoms with Gasteiger partial charge in [-0.1, -0.05) is 6.07 Å². The summed E-state index contributed by atoms with van der Waals surface area (Å²) >= 11 is 0. The zero-order valence-corrected chi connectivity index (χ0v) is 14.2. The van der Waals surface area contributed by atoms with Crippen LogP contribution in [-0.4, -0.2) is 42.5 Å². The Morgan fingerprint density at radius 2 is 2.04 bits per heavy atom. The van der Waals surface area contributed by atoms with Crippen molar-refractivity contribution < 1.29 is 14.3 Å². The Bertz CT molecular complexity index is 584. The number of hydrogen-bond acceptors (Lipinski definition) is 4. The Morgan fingerprint density at radius 1 is 1.35 bits per heavy atom. The number of likely N-dealkylation sites (N-methyl/N-ethyl adjacent to an activating group) is 1. The van der Waals surface area contributed by atoms with Crippen LogP contribution in [0.15, 0.2) is 18.2 Å². The monoisotopic (exact) mass is 319 g/mol.